The molecule has 0 aliphatic carbocycles. The van der Waals surface area contributed by atoms with E-state index in [2.05, 4.69) is 16.7 Å². The zero-order chi connectivity index (χ0) is 28.3. The van der Waals surface area contributed by atoms with Crippen molar-refractivity contribution in [2.45, 2.75) is 72.1 Å². The number of rotatable bonds is 11. The lowest BCUT2D eigenvalue weighted by Gasteiger charge is -2.31. The van der Waals surface area contributed by atoms with Gasteiger partial charge in [-0.15, -0.1) is 0 Å². The van der Waals surface area contributed by atoms with E-state index in [1.165, 1.54) is 0 Å². The number of ether oxygens (including phenoxy) is 2. The predicted octanol–water partition coefficient (Wildman–Crippen LogP) is 1.60. The quantitative estimate of drug-likeness (QED) is 0.229. The van der Waals surface area contributed by atoms with E-state index in [0.29, 0.717) is 11.1 Å². The number of aryl methyl sites for hydroxylation is 2. The van der Waals surface area contributed by atoms with Crippen molar-refractivity contribution in [1.82, 2.24) is 15.5 Å². The molecule has 1 aromatic rings. The van der Waals surface area contributed by atoms with Crippen molar-refractivity contribution in [2.24, 2.45) is 5.73 Å². The summed E-state index contributed by atoms with van der Waals surface area (Å²) in [5, 5.41) is 4.92. The average molecular weight is 517 g/mol. The van der Waals surface area contributed by atoms with Gasteiger partial charge >= 0.3 is 12.1 Å². The standard InChI is InChI=1S/C26H36N4O7/c1-8-30(24(34)19(15-20(27)31)29-25(35)37-26(5,6)7)22(18-11-10-16(3)14-17(18)4)23(33)28-13-12-21(32)36-9-2/h1,10-11,14,19,22H,9,12-13,15H2,2-7H3,(H2,27,31)(H,28,33)(H,29,35). The van der Waals surface area contributed by atoms with Gasteiger partial charge < -0.3 is 25.8 Å². The highest BCUT2D eigenvalue weighted by Gasteiger charge is 2.37. The summed E-state index contributed by atoms with van der Waals surface area (Å²) in [6, 6.07) is 4.59. The Morgan fingerprint density at radius 1 is 1.16 bits per heavy atom. The van der Waals surface area contributed by atoms with Crippen molar-refractivity contribution < 1.29 is 33.4 Å². The SMILES string of the molecule is C#CN(C(=O)C(CC(N)=O)NC(=O)OC(C)(C)C)C(C(=O)NCCC(=O)OCC)c1ccc(C)cc1C. The van der Waals surface area contributed by atoms with Crippen molar-refractivity contribution >= 4 is 29.8 Å². The lowest BCUT2D eigenvalue weighted by Crippen LogP contribution is -2.52. The van der Waals surface area contributed by atoms with Crippen LogP contribution < -0.4 is 16.4 Å². The Labute approximate surface area is 217 Å². The van der Waals surface area contributed by atoms with E-state index in [1.54, 1.807) is 46.8 Å². The maximum Gasteiger partial charge on any atom is 0.408 e. The summed E-state index contributed by atoms with van der Waals surface area (Å²) in [7, 11) is 0. The number of hydrogen-bond acceptors (Lipinski definition) is 7. The van der Waals surface area contributed by atoms with Crippen LogP contribution in [0.15, 0.2) is 18.2 Å². The molecule has 0 aliphatic heterocycles. The van der Waals surface area contributed by atoms with E-state index in [1.807, 2.05) is 13.0 Å². The van der Waals surface area contributed by atoms with Crippen LogP contribution in [0.25, 0.3) is 0 Å². The third-order valence-electron chi connectivity index (χ3n) is 4.93. The van der Waals surface area contributed by atoms with Gasteiger partial charge in [-0.2, -0.15) is 0 Å². The van der Waals surface area contributed by atoms with Gasteiger partial charge in [0.05, 0.1) is 19.4 Å². The Bertz CT molecular complexity index is 1060. The van der Waals surface area contributed by atoms with Gasteiger partial charge in [0.15, 0.2) is 0 Å². The van der Waals surface area contributed by atoms with Crippen LogP contribution in [0, 0.1) is 26.3 Å². The molecular weight excluding hydrogens is 480 g/mol. The predicted molar refractivity (Wildman–Crippen MR) is 136 cm³/mol. The first-order valence-electron chi connectivity index (χ1n) is 11.8. The van der Waals surface area contributed by atoms with Crippen LogP contribution in [0.3, 0.4) is 0 Å². The minimum absolute atomic E-state index is 0.0629. The van der Waals surface area contributed by atoms with Crippen molar-refractivity contribution in [3.05, 3.63) is 34.9 Å². The van der Waals surface area contributed by atoms with E-state index in [-0.39, 0.29) is 19.6 Å². The zero-order valence-corrected chi connectivity index (χ0v) is 22.2. The molecule has 0 spiro atoms. The van der Waals surface area contributed by atoms with Crippen molar-refractivity contribution in [1.29, 1.82) is 0 Å². The third kappa shape index (κ3) is 10.2. The van der Waals surface area contributed by atoms with Crippen LogP contribution in [-0.4, -0.2) is 59.5 Å². The maximum absolute atomic E-state index is 13.5. The largest absolute Gasteiger partial charge is 0.466 e. The number of esters is 1. The van der Waals surface area contributed by atoms with Crippen LogP contribution in [0.2, 0.25) is 0 Å². The number of carbonyl (C=O) groups is 5. The van der Waals surface area contributed by atoms with Gasteiger partial charge in [0.1, 0.15) is 17.7 Å². The topological polar surface area (TPSA) is 157 Å². The van der Waals surface area contributed by atoms with E-state index in [9.17, 15) is 24.0 Å². The van der Waals surface area contributed by atoms with Gasteiger partial charge in [0, 0.05) is 12.6 Å². The molecule has 1 aromatic carbocycles. The van der Waals surface area contributed by atoms with Crippen molar-refractivity contribution in [3.63, 3.8) is 0 Å². The fourth-order valence-corrected chi connectivity index (χ4v) is 3.43. The van der Waals surface area contributed by atoms with E-state index < -0.39 is 53.9 Å². The molecule has 0 saturated heterocycles. The summed E-state index contributed by atoms with van der Waals surface area (Å²) in [6.45, 7) is 10.3. The summed E-state index contributed by atoms with van der Waals surface area (Å²) in [4.78, 5) is 63.4. The third-order valence-corrected chi connectivity index (χ3v) is 4.93. The fourth-order valence-electron chi connectivity index (χ4n) is 3.43. The molecule has 1 rings (SSSR count). The van der Waals surface area contributed by atoms with Crippen LogP contribution in [-0.2, 0) is 28.7 Å². The summed E-state index contributed by atoms with van der Waals surface area (Å²) in [5.41, 5.74) is 6.43. The molecular formula is C26H36N4O7. The summed E-state index contributed by atoms with van der Waals surface area (Å²) in [6.07, 6.45) is 4.05. The maximum atomic E-state index is 13.5. The van der Waals surface area contributed by atoms with E-state index >= 15 is 0 Å². The Morgan fingerprint density at radius 3 is 2.32 bits per heavy atom. The van der Waals surface area contributed by atoms with Gasteiger partial charge in [-0.05, 0) is 52.7 Å². The number of amides is 4. The molecule has 0 aliphatic rings. The zero-order valence-electron chi connectivity index (χ0n) is 22.2. The number of terminal acetylenes is 1. The first kappa shape index (κ1) is 31.0. The van der Waals surface area contributed by atoms with Gasteiger partial charge in [-0.3, -0.25) is 24.1 Å². The summed E-state index contributed by atoms with van der Waals surface area (Å²) >= 11 is 0. The lowest BCUT2D eigenvalue weighted by molar-refractivity contribution is -0.143. The van der Waals surface area contributed by atoms with E-state index in [4.69, 9.17) is 21.6 Å². The number of nitrogens with zero attached hydrogens (tertiary/aromatic N) is 1. The molecule has 0 radical (unpaired) electrons. The minimum atomic E-state index is -1.50. The second-order valence-corrected chi connectivity index (χ2v) is 9.32. The minimum Gasteiger partial charge on any atom is -0.466 e. The summed E-state index contributed by atoms with van der Waals surface area (Å²) < 4.78 is 10.1. The van der Waals surface area contributed by atoms with Crippen LogP contribution in [0.1, 0.15) is 63.3 Å². The molecule has 0 aromatic heterocycles. The molecule has 2 unspecified atom stereocenters. The molecule has 11 heteroatoms. The number of carbonyl (C=O) groups excluding carboxylic acids is 5. The van der Waals surface area contributed by atoms with Gasteiger partial charge in [0.2, 0.25) is 11.8 Å². The van der Waals surface area contributed by atoms with Gasteiger partial charge in [0.25, 0.3) is 5.91 Å². The molecule has 2 atom stereocenters. The highest BCUT2D eigenvalue weighted by molar-refractivity contribution is 5.95. The van der Waals surface area contributed by atoms with Crippen LogP contribution in [0.5, 0.6) is 0 Å². The number of hydrogen-bond donors (Lipinski definition) is 3. The average Bonchev–Trinajstić information content (AvgIpc) is 2.75. The normalized spacial score (nSPS) is 12.4. The molecule has 37 heavy (non-hydrogen) atoms. The molecule has 0 fully saturated rings. The van der Waals surface area contributed by atoms with Crippen LogP contribution >= 0.6 is 0 Å². The fraction of sp³-hybridized carbons (Fsp3) is 0.500. The summed E-state index contributed by atoms with van der Waals surface area (Å²) in [5.74, 6) is -2.97. The monoisotopic (exact) mass is 516 g/mol. The number of alkyl carbamates (subject to hydrolysis) is 1. The first-order valence-corrected chi connectivity index (χ1v) is 11.8. The Morgan fingerprint density at radius 2 is 1.81 bits per heavy atom. The number of nitrogens with one attached hydrogen (secondary N) is 2. The number of primary amides is 1. The molecule has 4 N–H and O–H groups in total. The second kappa shape index (κ2) is 13.9. The molecule has 11 nitrogen and oxygen atoms in total. The van der Waals surface area contributed by atoms with Crippen molar-refractivity contribution in [2.75, 3.05) is 13.2 Å². The van der Waals surface area contributed by atoms with E-state index in [0.717, 1.165) is 10.5 Å². The molecule has 0 heterocycles. The molecule has 202 valence electrons. The lowest BCUT2D eigenvalue weighted by atomic mass is 9.96. The molecule has 0 bridgehead atoms. The number of nitrogens with two attached hydrogens (primary N) is 1. The van der Waals surface area contributed by atoms with Gasteiger partial charge in [-0.1, -0.05) is 30.2 Å². The second-order valence-electron chi connectivity index (χ2n) is 9.32. The Hall–Kier alpha value is -4.07. The highest BCUT2D eigenvalue weighted by atomic mass is 16.6. The smallest absolute Gasteiger partial charge is 0.408 e. The first-order chi connectivity index (χ1) is 17.2. The Kier molecular flexibility index (Phi) is 11.6. The van der Waals surface area contributed by atoms with Gasteiger partial charge in [-0.25, -0.2) is 4.79 Å². The number of benzene rings is 1. The molecule has 0 saturated carbocycles. The highest BCUT2D eigenvalue weighted by Crippen LogP contribution is 2.26. The van der Waals surface area contributed by atoms with Crippen LogP contribution in [0.4, 0.5) is 4.79 Å². The molecule has 4 amide bonds. The Balaban J connectivity index is 3.37. The van der Waals surface area contributed by atoms with Crippen molar-refractivity contribution in [3.8, 4) is 12.5 Å².